The van der Waals surface area contributed by atoms with Gasteiger partial charge in [-0.3, -0.25) is 0 Å². The Hall–Kier alpha value is 0.140. The second kappa shape index (κ2) is 6.93. The molecule has 20 heavy (non-hydrogen) atoms. The van der Waals surface area contributed by atoms with Crippen molar-refractivity contribution in [3.05, 3.63) is 20.3 Å². The number of hydrogen-bond acceptors (Lipinski definition) is 2. The molecule has 1 aromatic rings. The molecule has 112 valence electrons. The largest absolute Gasteiger partial charge is 0.307 e. The monoisotopic (exact) mass is 355 g/mol. The maximum atomic E-state index is 4.03. The third kappa shape index (κ3) is 3.31. The third-order valence-electron chi connectivity index (χ3n) is 5.16. The van der Waals surface area contributed by atoms with Crippen LogP contribution in [0.1, 0.15) is 74.8 Å². The molecular weight excluding hydrogens is 330 g/mol. The first-order valence-corrected chi connectivity index (χ1v) is 9.93. The van der Waals surface area contributed by atoms with E-state index in [2.05, 4.69) is 34.2 Å². The molecule has 0 bridgehead atoms. The zero-order valence-electron chi connectivity index (χ0n) is 12.5. The molecule has 1 aromatic heterocycles. The lowest BCUT2D eigenvalue weighted by atomic mass is 9.82. The summed E-state index contributed by atoms with van der Waals surface area (Å²) in [6, 6.07) is 3.70. The Labute approximate surface area is 135 Å². The van der Waals surface area contributed by atoms with E-state index < -0.39 is 0 Å². The molecule has 1 saturated carbocycles. The van der Waals surface area contributed by atoms with Gasteiger partial charge in [-0.2, -0.15) is 0 Å². The van der Waals surface area contributed by atoms with E-state index in [0.717, 1.165) is 12.0 Å². The molecule has 2 aliphatic rings. The molecule has 2 unspecified atom stereocenters. The highest BCUT2D eigenvalue weighted by Crippen LogP contribution is 2.39. The van der Waals surface area contributed by atoms with Crippen LogP contribution in [-0.2, 0) is 6.42 Å². The highest BCUT2D eigenvalue weighted by atomic mass is 79.9. The minimum absolute atomic E-state index is 0.605. The van der Waals surface area contributed by atoms with Gasteiger partial charge in [-0.15, -0.1) is 11.3 Å². The van der Waals surface area contributed by atoms with Crippen LogP contribution in [0, 0.1) is 5.92 Å². The number of nitrogens with one attached hydrogen (secondary N) is 1. The predicted molar refractivity (Wildman–Crippen MR) is 91.5 cm³/mol. The summed E-state index contributed by atoms with van der Waals surface area (Å²) >= 11 is 5.61. The molecule has 0 amide bonds. The zero-order valence-corrected chi connectivity index (χ0v) is 14.9. The maximum absolute atomic E-state index is 4.03. The normalized spacial score (nSPS) is 25.4. The molecule has 3 heteroatoms. The van der Waals surface area contributed by atoms with Gasteiger partial charge in [-0.25, -0.2) is 0 Å². The smallest absolute Gasteiger partial charge is 0.0704 e. The fraction of sp³-hybridized carbons (Fsp3) is 0.765. The van der Waals surface area contributed by atoms with Gasteiger partial charge >= 0.3 is 0 Å². The van der Waals surface area contributed by atoms with Crippen LogP contribution in [0.15, 0.2) is 9.85 Å². The number of rotatable bonds is 4. The Balaban J connectivity index is 1.69. The third-order valence-corrected chi connectivity index (χ3v) is 6.87. The summed E-state index contributed by atoms with van der Waals surface area (Å²) in [6.45, 7) is 2.36. The summed E-state index contributed by atoms with van der Waals surface area (Å²) < 4.78 is 1.31. The fourth-order valence-corrected chi connectivity index (χ4v) is 5.90. The summed E-state index contributed by atoms with van der Waals surface area (Å²) in [5.74, 6) is 0.918. The van der Waals surface area contributed by atoms with Gasteiger partial charge in [0.25, 0.3) is 0 Å². The SMILES string of the molecule is CCC(NC1CCCc2sc(Br)cc21)C1CCCCC1. The first kappa shape index (κ1) is 15.1. The minimum atomic E-state index is 0.605. The van der Waals surface area contributed by atoms with Gasteiger partial charge in [-0.05, 0) is 72.0 Å². The second-order valence-electron chi connectivity index (χ2n) is 6.45. The van der Waals surface area contributed by atoms with Crippen LogP contribution in [0.2, 0.25) is 0 Å². The average molecular weight is 356 g/mol. The van der Waals surface area contributed by atoms with E-state index in [0.29, 0.717) is 6.04 Å². The number of hydrogen-bond donors (Lipinski definition) is 1. The van der Waals surface area contributed by atoms with Crippen LogP contribution >= 0.6 is 27.3 Å². The van der Waals surface area contributed by atoms with E-state index in [1.54, 1.807) is 10.4 Å². The Kier molecular flexibility index (Phi) is 5.22. The molecule has 0 aliphatic heterocycles. The lowest BCUT2D eigenvalue weighted by molar-refractivity contribution is 0.239. The summed E-state index contributed by atoms with van der Waals surface area (Å²) in [5.41, 5.74) is 1.59. The van der Waals surface area contributed by atoms with E-state index in [1.807, 2.05) is 11.3 Å². The van der Waals surface area contributed by atoms with Crippen molar-refractivity contribution in [1.29, 1.82) is 0 Å². The zero-order chi connectivity index (χ0) is 13.9. The van der Waals surface area contributed by atoms with E-state index in [1.165, 1.54) is 61.6 Å². The Morgan fingerprint density at radius 1 is 1.25 bits per heavy atom. The van der Waals surface area contributed by atoms with E-state index in [4.69, 9.17) is 0 Å². The molecule has 2 atom stereocenters. The molecule has 1 heterocycles. The van der Waals surface area contributed by atoms with Gasteiger partial charge in [0.15, 0.2) is 0 Å². The molecule has 0 radical (unpaired) electrons. The molecule has 1 nitrogen and oxygen atoms in total. The van der Waals surface area contributed by atoms with E-state index in [9.17, 15) is 0 Å². The number of halogens is 1. The van der Waals surface area contributed by atoms with Crippen LogP contribution in [0.25, 0.3) is 0 Å². The minimum Gasteiger partial charge on any atom is -0.307 e. The van der Waals surface area contributed by atoms with Crippen LogP contribution in [-0.4, -0.2) is 6.04 Å². The first-order chi connectivity index (χ1) is 9.78. The van der Waals surface area contributed by atoms with Gasteiger partial charge in [0.1, 0.15) is 0 Å². The van der Waals surface area contributed by atoms with Crippen molar-refractivity contribution in [2.24, 2.45) is 5.92 Å². The molecule has 0 spiro atoms. The van der Waals surface area contributed by atoms with E-state index in [-0.39, 0.29) is 0 Å². The Bertz CT molecular complexity index is 436. The van der Waals surface area contributed by atoms with Crippen molar-refractivity contribution < 1.29 is 0 Å². The molecule has 0 saturated heterocycles. The molecule has 1 fully saturated rings. The maximum Gasteiger partial charge on any atom is 0.0704 e. The lowest BCUT2D eigenvalue weighted by Crippen LogP contribution is -2.40. The van der Waals surface area contributed by atoms with Gasteiger partial charge in [-0.1, -0.05) is 26.2 Å². The highest BCUT2D eigenvalue weighted by molar-refractivity contribution is 9.11. The van der Waals surface area contributed by atoms with Crippen molar-refractivity contribution in [1.82, 2.24) is 5.32 Å². The Morgan fingerprint density at radius 3 is 2.80 bits per heavy atom. The standard InChI is InChI=1S/C17H26BrNS/c1-2-14(12-7-4-3-5-8-12)19-15-9-6-10-16-13(15)11-17(18)20-16/h11-12,14-15,19H,2-10H2,1H3. The van der Waals surface area contributed by atoms with Crippen molar-refractivity contribution >= 4 is 27.3 Å². The van der Waals surface area contributed by atoms with Gasteiger partial charge < -0.3 is 5.32 Å². The summed E-state index contributed by atoms with van der Waals surface area (Å²) in [4.78, 5) is 1.61. The van der Waals surface area contributed by atoms with Crippen molar-refractivity contribution in [3.8, 4) is 0 Å². The topological polar surface area (TPSA) is 12.0 Å². The first-order valence-electron chi connectivity index (χ1n) is 8.32. The number of aryl methyl sites for hydroxylation is 1. The van der Waals surface area contributed by atoms with Crippen molar-refractivity contribution in [2.45, 2.75) is 76.8 Å². The average Bonchev–Trinajstić information content (AvgIpc) is 2.86. The van der Waals surface area contributed by atoms with Gasteiger partial charge in [0.2, 0.25) is 0 Å². The Morgan fingerprint density at radius 2 is 2.05 bits per heavy atom. The van der Waals surface area contributed by atoms with Gasteiger partial charge in [0.05, 0.1) is 3.79 Å². The summed E-state index contributed by atoms with van der Waals surface area (Å²) in [5, 5.41) is 4.03. The molecule has 1 N–H and O–H groups in total. The molecule has 3 rings (SSSR count). The van der Waals surface area contributed by atoms with E-state index >= 15 is 0 Å². The fourth-order valence-electron chi connectivity index (χ4n) is 4.08. The lowest BCUT2D eigenvalue weighted by Gasteiger charge is -2.35. The number of fused-ring (bicyclic) bond motifs is 1. The number of thiophene rings is 1. The van der Waals surface area contributed by atoms with Crippen LogP contribution < -0.4 is 5.32 Å². The van der Waals surface area contributed by atoms with Crippen LogP contribution in [0.3, 0.4) is 0 Å². The van der Waals surface area contributed by atoms with Crippen LogP contribution in [0.5, 0.6) is 0 Å². The van der Waals surface area contributed by atoms with Crippen molar-refractivity contribution in [2.75, 3.05) is 0 Å². The van der Waals surface area contributed by atoms with Crippen molar-refractivity contribution in [3.63, 3.8) is 0 Å². The molecule has 0 aromatic carbocycles. The summed E-state index contributed by atoms with van der Waals surface area (Å²) in [7, 11) is 0. The molecule has 2 aliphatic carbocycles. The highest BCUT2D eigenvalue weighted by Gasteiger charge is 2.28. The molecular formula is C17H26BrNS. The van der Waals surface area contributed by atoms with Gasteiger partial charge in [0, 0.05) is 17.0 Å². The van der Waals surface area contributed by atoms with Crippen LogP contribution in [0.4, 0.5) is 0 Å². The second-order valence-corrected chi connectivity index (χ2v) is 8.97. The predicted octanol–water partition coefficient (Wildman–Crippen LogP) is 5.84. The summed E-state index contributed by atoms with van der Waals surface area (Å²) in [6.07, 6.45) is 12.5. The quantitative estimate of drug-likeness (QED) is 0.715.